The van der Waals surface area contributed by atoms with Crippen molar-refractivity contribution in [3.63, 3.8) is 0 Å². The second-order valence-corrected chi connectivity index (χ2v) is 3.50. The molecule has 0 heterocycles. The van der Waals surface area contributed by atoms with Gasteiger partial charge >= 0.3 is 0 Å². The van der Waals surface area contributed by atoms with Crippen molar-refractivity contribution in [2.45, 2.75) is 19.4 Å². The van der Waals surface area contributed by atoms with E-state index in [9.17, 15) is 14.3 Å². The smallest absolute Gasteiger partial charge is 0.142 e. The molecule has 4 heteroatoms. The Morgan fingerprint density at radius 2 is 2.29 bits per heavy atom. The van der Waals surface area contributed by atoms with E-state index in [2.05, 4.69) is 0 Å². The number of carbonyl (C=O) groups excluding carboxylic acids is 1. The van der Waals surface area contributed by atoms with Gasteiger partial charge in [0.05, 0.1) is 11.1 Å². The van der Waals surface area contributed by atoms with Crippen LogP contribution in [0.25, 0.3) is 0 Å². The van der Waals surface area contributed by atoms with Gasteiger partial charge in [-0.25, -0.2) is 4.39 Å². The van der Waals surface area contributed by atoms with Crippen LogP contribution in [0.15, 0.2) is 18.2 Å². The molecule has 0 saturated carbocycles. The third-order valence-electron chi connectivity index (χ3n) is 1.81. The molecule has 0 aliphatic heterocycles. The molecular weight excluding hydrogens is 207 g/mol. The van der Waals surface area contributed by atoms with Crippen LogP contribution in [0.5, 0.6) is 0 Å². The van der Waals surface area contributed by atoms with E-state index in [-0.39, 0.29) is 17.2 Å². The zero-order valence-electron chi connectivity index (χ0n) is 7.63. The molecule has 76 valence electrons. The molecule has 1 aromatic rings. The van der Waals surface area contributed by atoms with E-state index in [0.29, 0.717) is 5.56 Å². The maximum atomic E-state index is 12.9. The first-order valence-electron chi connectivity index (χ1n) is 4.13. The van der Waals surface area contributed by atoms with Gasteiger partial charge in [0.25, 0.3) is 0 Å². The molecule has 1 rings (SSSR count). The molecule has 0 unspecified atom stereocenters. The number of aliphatic hydroxyl groups is 1. The summed E-state index contributed by atoms with van der Waals surface area (Å²) in [4.78, 5) is 10.7. The van der Waals surface area contributed by atoms with Crippen molar-refractivity contribution in [3.05, 3.63) is 34.6 Å². The van der Waals surface area contributed by atoms with Gasteiger partial charge in [-0.15, -0.1) is 0 Å². The molecule has 0 aliphatic carbocycles. The van der Waals surface area contributed by atoms with Crippen LogP contribution in [0.4, 0.5) is 4.39 Å². The zero-order chi connectivity index (χ0) is 10.7. The first-order chi connectivity index (χ1) is 6.50. The standard InChI is InChI=1S/C10H10ClFO2/c1-6(13)4-10(14)7-2-3-8(11)9(12)5-7/h2-3,5,10,14H,4H2,1H3/t10-/m1/s1. The Hall–Kier alpha value is -0.930. The Balaban J connectivity index is 2.85. The van der Waals surface area contributed by atoms with Crippen molar-refractivity contribution in [1.82, 2.24) is 0 Å². The van der Waals surface area contributed by atoms with E-state index < -0.39 is 11.9 Å². The van der Waals surface area contributed by atoms with E-state index in [1.165, 1.54) is 19.1 Å². The first-order valence-corrected chi connectivity index (χ1v) is 4.51. The largest absolute Gasteiger partial charge is 0.388 e. The van der Waals surface area contributed by atoms with Gasteiger partial charge in [-0.1, -0.05) is 17.7 Å². The molecule has 2 nitrogen and oxygen atoms in total. The number of carbonyl (C=O) groups is 1. The van der Waals surface area contributed by atoms with E-state index in [1.807, 2.05) is 0 Å². The van der Waals surface area contributed by atoms with Crippen molar-refractivity contribution >= 4 is 17.4 Å². The monoisotopic (exact) mass is 216 g/mol. The lowest BCUT2D eigenvalue weighted by atomic mass is 10.0. The maximum absolute atomic E-state index is 12.9. The number of ketones is 1. The van der Waals surface area contributed by atoms with Gasteiger partial charge in [0.2, 0.25) is 0 Å². The summed E-state index contributed by atoms with van der Waals surface area (Å²) in [5, 5.41) is 9.48. The van der Waals surface area contributed by atoms with Crippen LogP contribution in [0.2, 0.25) is 5.02 Å². The van der Waals surface area contributed by atoms with Crippen molar-refractivity contribution in [1.29, 1.82) is 0 Å². The van der Waals surface area contributed by atoms with Gasteiger partial charge in [-0.2, -0.15) is 0 Å². The van der Waals surface area contributed by atoms with Gasteiger partial charge < -0.3 is 5.11 Å². The molecule has 1 N–H and O–H groups in total. The predicted molar refractivity (Wildman–Crippen MR) is 51.7 cm³/mol. The molecule has 0 fully saturated rings. The Morgan fingerprint density at radius 3 is 2.79 bits per heavy atom. The fourth-order valence-corrected chi connectivity index (χ4v) is 1.23. The van der Waals surface area contributed by atoms with Crippen LogP contribution in [0, 0.1) is 5.82 Å². The lowest BCUT2D eigenvalue weighted by molar-refractivity contribution is -0.118. The summed E-state index contributed by atoms with van der Waals surface area (Å²) >= 11 is 5.47. The highest BCUT2D eigenvalue weighted by molar-refractivity contribution is 6.30. The van der Waals surface area contributed by atoms with Crippen LogP contribution >= 0.6 is 11.6 Å². The normalized spacial score (nSPS) is 12.6. The summed E-state index contributed by atoms with van der Waals surface area (Å²) in [5.74, 6) is -0.736. The Labute approximate surface area is 86.3 Å². The Kier molecular flexibility index (Phi) is 3.61. The minimum Gasteiger partial charge on any atom is -0.388 e. The van der Waals surface area contributed by atoms with Gasteiger partial charge in [-0.3, -0.25) is 4.79 Å². The zero-order valence-corrected chi connectivity index (χ0v) is 8.38. The van der Waals surface area contributed by atoms with E-state index in [4.69, 9.17) is 11.6 Å². The lowest BCUT2D eigenvalue weighted by Crippen LogP contribution is -2.03. The van der Waals surface area contributed by atoms with Crippen LogP contribution in [-0.2, 0) is 4.79 Å². The number of hydrogen-bond donors (Lipinski definition) is 1. The first kappa shape index (κ1) is 11.1. The molecule has 0 amide bonds. The van der Waals surface area contributed by atoms with Crippen molar-refractivity contribution in [2.75, 3.05) is 0 Å². The predicted octanol–water partition coefficient (Wildman–Crippen LogP) is 2.49. The third-order valence-corrected chi connectivity index (χ3v) is 2.12. The van der Waals surface area contributed by atoms with E-state index >= 15 is 0 Å². The van der Waals surface area contributed by atoms with Gasteiger partial charge in [-0.05, 0) is 24.6 Å². The summed E-state index contributed by atoms with van der Waals surface area (Å²) in [6, 6.07) is 3.99. The van der Waals surface area contributed by atoms with Crippen molar-refractivity contribution < 1.29 is 14.3 Å². The van der Waals surface area contributed by atoms with Crippen LogP contribution < -0.4 is 0 Å². The number of hydrogen-bond acceptors (Lipinski definition) is 2. The molecular formula is C10H10ClFO2. The topological polar surface area (TPSA) is 37.3 Å². The summed E-state index contributed by atoms with van der Waals surface area (Å²) in [6.45, 7) is 1.37. The molecule has 0 aromatic heterocycles. The minimum atomic E-state index is -0.959. The van der Waals surface area contributed by atoms with Crippen LogP contribution in [0.1, 0.15) is 25.0 Å². The molecule has 0 radical (unpaired) electrons. The SMILES string of the molecule is CC(=O)C[C@@H](O)c1ccc(Cl)c(F)c1. The highest BCUT2D eigenvalue weighted by Gasteiger charge is 2.11. The third kappa shape index (κ3) is 2.79. The van der Waals surface area contributed by atoms with Crippen molar-refractivity contribution in [2.24, 2.45) is 0 Å². The number of halogens is 2. The van der Waals surface area contributed by atoms with Crippen LogP contribution in [0.3, 0.4) is 0 Å². The quantitative estimate of drug-likeness (QED) is 0.843. The highest BCUT2D eigenvalue weighted by Crippen LogP contribution is 2.22. The summed E-state index contributed by atoms with van der Waals surface area (Å²) in [7, 11) is 0. The summed E-state index contributed by atoms with van der Waals surface area (Å²) < 4.78 is 12.9. The lowest BCUT2D eigenvalue weighted by Gasteiger charge is -2.08. The Morgan fingerprint density at radius 1 is 1.64 bits per heavy atom. The van der Waals surface area contributed by atoms with Crippen molar-refractivity contribution in [3.8, 4) is 0 Å². The second-order valence-electron chi connectivity index (χ2n) is 3.10. The number of Topliss-reactive ketones (excluding diaryl/α,β-unsaturated/α-hetero) is 1. The van der Waals surface area contributed by atoms with Gasteiger partial charge in [0.15, 0.2) is 0 Å². The average molecular weight is 217 g/mol. The fourth-order valence-electron chi connectivity index (χ4n) is 1.11. The van der Waals surface area contributed by atoms with E-state index in [0.717, 1.165) is 6.07 Å². The highest BCUT2D eigenvalue weighted by atomic mass is 35.5. The number of aliphatic hydroxyl groups excluding tert-OH is 1. The minimum absolute atomic E-state index is 0.00350. The fraction of sp³-hybridized carbons (Fsp3) is 0.300. The molecule has 0 aliphatic rings. The number of benzene rings is 1. The van der Waals surface area contributed by atoms with E-state index in [1.54, 1.807) is 0 Å². The van der Waals surface area contributed by atoms with Gasteiger partial charge in [0, 0.05) is 6.42 Å². The molecule has 14 heavy (non-hydrogen) atoms. The molecule has 0 spiro atoms. The maximum Gasteiger partial charge on any atom is 0.142 e. The summed E-state index contributed by atoms with van der Waals surface area (Å²) in [5.41, 5.74) is 0.363. The molecule has 1 aromatic carbocycles. The van der Waals surface area contributed by atoms with Gasteiger partial charge in [0.1, 0.15) is 11.6 Å². The van der Waals surface area contributed by atoms with Crippen LogP contribution in [-0.4, -0.2) is 10.9 Å². The average Bonchev–Trinajstić information content (AvgIpc) is 2.08. The Bertz CT molecular complexity index is 352. The molecule has 1 atom stereocenters. The second kappa shape index (κ2) is 4.53. The summed E-state index contributed by atoms with van der Waals surface area (Å²) in [6.07, 6.45) is -0.972. The number of rotatable bonds is 3. The molecule has 0 saturated heterocycles. The molecule has 0 bridgehead atoms.